The van der Waals surface area contributed by atoms with Crippen molar-refractivity contribution in [3.05, 3.63) is 35.4 Å². The molecule has 0 nitrogen and oxygen atoms in total. The molecule has 0 amide bonds. The molecule has 1 heteroatoms. The molecule has 0 saturated carbocycles. The number of halogens is 1. The van der Waals surface area contributed by atoms with Crippen LogP contribution >= 0.6 is 0 Å². The summed E-state index contributed by atoms with van der Waals surface area (Å²) < 4.78 is 11.9. The van der Waals surface area contributed by atoms with Crippen LogP contribution in [0.25, 0.3) is 0 Å². The molecule has 0 aliphatic carbocycles. The summed E-state index contributed by atoms with van der Waals surface area (Å²) in [6.07, 6.45) is 7.93. The summed E-state index contributed by atoms with van der Waals surface area (Å²) in [5, 5.41) is 0. The Morgan fingerprint density at radius 1 is 0.789 bits per heavy atom. The van der Waals surface area contributed by atoms with Crippen LogP contribution in [0.5, 0.6) is 0 Å². The van der Waals surface area contributed by atoms with Crippen molar-refractivity contribution in [2.45, 2.75) is 71.1 Å². The topological polar surface area (TPSA) is 0 Å². The summed E-state index contributed by atoms with van der Waals surface area (Å²) in [6, 6.07) is 9.06. The molecule has 0 bridgehead atoms. The Morgan fingerprint density at radius 2 is 1.32 bits per heavy atom. The van der Waals surface area contributed by atoms with E-state index in [0.29, 0.717) is 0 Å². The molecule has 1 aromatic rings. The SMILES string of the molecule is CC(C)(C)c1ccc(CCCCCCCCF)cc1. The molecule has 0 atom stereocenters. The molecule has 0 aliphatic rings. The van der Waals surface area contributed by atoms with E-state index < -0.39 is 0 Å². The standard InChI is InChI=1S/C18H29F/c1-18(2,3)17-13-11-16(12-14-17)10-8-6-4-5-7-9-15-19/h11-14H,4-10,15H2,1-3H3. The second kappa shape index (κ2) is 8.35. The van der Waals surface area contributed by atoms with Gasteiger partial charge in [0.15, 0.2) is 0 Å². The average Bonchev–Trinajstić information content (AvgIpc) is 2.37. The summed E-state index contributed by atoms with van der Waals surface area (Å²) in [4.78, 5) is 0. The van der Waals surface area contributed by atoms with Crippen molar-refractivity contribution in [3.8, 4) is 0 Å². The zero-order valence-corrected chi connectivity index (χ0v) is 12.8. The fourth-order valence-corrected chi connectivity index (χ4v) is 2.30. The lowest BCUT2D eigenvalue weighted by atomic mass is 9.86. The predicted molar refractivity (Wildman–Crippen MR) is 82.5 cm³/mol. The van der Waals surface area contributed by atoms with Crippen LogP contribution in [0.2, 0.25) is 0 Å². The monoisotopic (exact) mass is 264 g/mol. The van der Waals surface area contributed by atoms with Gasteiger partial charge in [-0.05, 0) is 35.8 Å². The third-order valence-electron chi connectivity index (χ3n) is 3.67. The molecule has 19 heavy (non-hydrogen) atoms. The Labute approximate surface area is 118 Å². The Hall–Kier alpha value is -0.850. The van der Waals surface area contributed by atoms with E-state index in [1.165, 1.54) is 43.2 Å². The van der Waals surface area contributed by atoms with E-state index >= 15 is 0 Å². The molecule has 1 aromatic carbocycles. The average molecular weight is 264 g/mol. The normalized spacial score (nSPS) is 11.8. The van der Waals surface area contributed by atoms with Crippen LogP contribution in [-0.4, -0.2) is 6.67 Å². The van der Waals surface area contributed by atoms with E-state index in [9.17, 15) is 4.39 Å². The van der Waals surface area contributed by atoms with Crippen molar-refractivity contribution < 1.29 is 4.39 Å². The molecule has 108 valence electrons. The lowest BCUT2D eigenvalue weighted by Crippen LogP contribution is -2.10. The Morgan fingerprint density at radius 3 is 1.84 bits per heavy atom. The summed E-state index contributed by atoms with van der Waals surface area (Å²) in [5.41, 5.74) is 3.09. The molecule has 0 fully saturated rings. The maximum absolute atomic E-state index is 11.9. The maximum Gasteiger partial charge on any atom is 0.0894 e. The number of hydrogen-bond acceptors (Lipinski definition) is 0. The number of alkyl halides is 1. The van der Waals surface area contributed by atoms with Gasteiger partial charge in [0.1, 0.15) is 0 Å². The highest BCUT2D eigenvalue weighted by atomic mass is 19.1. The van der Waals surface area contributed by atoms with Crippen LogP contribution < -0.4 is 0 Å². The number of unbranched alkanes of at least 4 members (excludes halogenated alkanes) is 5. The van der Waals surface area contributed by atoms with Crippen LogP contribution in [0, 0.1) is 0 Å². The predicted octanol–water partition coefficient (Wildman–Crippen LogP) is 5.84. The molecule has 0 aliphatic heterocycles. The molecule has 0 aromatic heterocycles. The number of aryl methyl sites for hydroxylation is 1. The van der Waals surface area contributed by atoms with Crippen molar-refractivity contribution >= 4 is 0 Å². The van der Waals surface area contributed by atoms with Gasteiger partial charge in [0.25, 0.3) is 0 Å². The minimum Gasteiger partial charge on any atom is -0.251 e. The second-order valence-corrected chi connectivity index (χ2v) is 6.51. The van der Waals surface area contributed by atoms with Gasteiger partial charge in [-0.1, -0.05) is 70.7 Å². The number of benzene rings is 1. The smallest absolute Gasteiger partial charge is 0.0894 e. The summed E-state index contributed by atoms with van der Waals surface area (Å²) in [6.45, 7) is 6.60. The maximum atomic E-state index is 11.9. The first-order valence-electron chi connectivity index (χ1n) is 7.69. The Kier molecular flexibility index (Phi) is 7.12. The van der Waals surface area contributed by atoms with Gasteiger partial charge in [-0.2, -0.15) is 0 Å². The zero-order chi connectivity index (χ0) is 14.1. The van der Waals surface area contributed by atoms with E-state index in [1.54, 1.807) is 0 Å². The first kappa shape index (κ1) is 16.2. The van der Waals surface area contributed by atoms with Gasteiger partial charge in [0.05, 0.1) is 6.67 Å². The fourth-order valence-electron chi connectivity index (χ4n) is 2.30. The van der Waals surface area contributed by atoms with Gasteiger partial charge in [0.2, 0.25) is 0 Å². The largest absolute Gasteiger partial charge is 0.251 e. The van der Waals surface area contributed by atoms with E-state index in [-0.39, 0.29) is 12.1 Å². The molecular formula is C18H29F. The molecule has 0 saturated heterocycles. The molecule has 0 N–H and O–H groups in total. The number of hydrogen-bond donors (Lipinski definition) is 0. The molecule has 0 spiro atoms. The van der Waals surface area contributed by atoms with Crippen molar-refractivity contribution in [2.24, 2.45) is 0 Å². The van der Waals surface area contributed by atoms with Crippen molar-refractivity contribution in [1.82, 2.24) is 0 Å². The Balaban J connectivity index is 2.20. The Bertz CT molecular complexity index is 332. The third-order valence-corrected chi connectivity index (χ3v) is 3.67. The minimum absolute atomic E-state index is 0.153. The van der Waals surface area contributed by atoms with Crippen LogP contribution in [0.4, 0.5) is 4.39 Å². The molecule has 0 heterocycles. The van der Waals surface area contributed by atoms with E-state index in [4.69, 9.17) is 0 Å². The van der Waals surface area contributed by atoms with Crippen molar-refractivity contribution in [1.29, 1.82) is 0 Å². The lowest BCUT2D eigenvalue weighted by molar-refractivity contribution is 0.450. The lowest BCUT2D eigenvalue weighted by Gasteiger charge is -2.19. The van der Waals surface area contributed by atoms with E-state index in [2.05, 4.69) is 45.0 Å². The van der Waals surface area contributed by atoms with Gasteiger partial charge >= 0.3 is 0 Å². The van der Waals surface area contributed by atoms with Crippen LogP contribution in [0.1, 0.15) is 70.4 Å². The van der Waals surface area contributed by atoms with Gasteiger partial charge in [-0.15, -0.1) is 0 Å². The van der Waals surface area contributed by atoms with Gasteiger partial charge in [-0.25, -0.2) is 0 Å². The van der Waals surface area contributed by atoms with E-state index in [0.717, 1.165) is 12.8 Å². The minimum atomic E-state index is -0.153. The van der Waals surface area contributed by atoms with Crippen LogP contribution in [0.15, 0.2) is 24.3 Å². The fraction of sp³-hybridized carbons (Fsp3) is 0.667. The molecule has 1 rings (SSSR count). The molecular weight excluding hydrogens is 235 g/mol. The van der Waals surface area contributed by atoms with Crippen LogP contribution in [-0.2, 0) is 11.8 Å². The first-order valence-corrected chi connectivity index (χ1v) is 7.69. The van der Waals surface area contributed by atoms with Gasteiger partial charge < -0.3 is 0 Å². The molecule has 0 unspecified atom stereocenters. The first-order chi connectivity index (χ1) is 9.04. The van der Waals surface area contributed by atoms with Crippen molar-refractivity contribution in [2.75, 3.05) is 6.67 Å². The van der Waals surface area contributed by atoms with Crippen molar-refractivity contribution in [3.63, 3.8) is 0 Å². The zero-order valence-electron chi connectivity index (χ0n) is 12.8. The number of rotatable bonds is 8. The quantitative estimate of drug-likeness (QED) is 0.518. The highest BCUT2D eigenvalue weighted by molar-refractivity contribution is 5.27. The summed E-state index contributed by atoms with van der Waals surface area (Å²) in [7, 11) is 0. The second-order valence-electron chi connectivity index (χ2n) is 6.51. The van der Waals surface area contributed by atoms with E-state index in [1.807, 2.05) is 0 Å². The highest BCUT2D eigenvalue weighted by Crippen LogP contribution is 2.22. The van der Waals surface area contributed by atoms with Gasteiger partial charge in [-0.3, -0.25) is 4.39 Å². The summed E-state index contributed by atoms with van der Waals surface area (Å²) >= 11 is 0. The van der Waals surface area contributed by atoms with Gasteiger partial charge in [0, 0.05) is 0 Å². The highest BCUT2D eigenvalue weighted by Gasteiger charge is 2.12. The summed E-state index contributed by atoms with van der Waals surface area (Å²) in [5.74, 6) is 0. The van der Waals surface area contributed by atoms with Crippen LogP contribution in [0.3, 0.4) is 0 Å². The molecule has 0 radical (unpaired) electrons. The third kappa shape index (κ3) is 6.75.